The third-order valence-corrected chi connectivity index (χ3v) is 4.72. The summed E-state index contributed by atoms with van der Waals surface area (Å²) >= 11 is 0. The molecule has 5 nitrogen and oxygen atoms in total. The highest BCUT2D eigenvalue weighted by Gasteiger charge is 2.53. The van der Waals surface area contributed by atoms with Crippen LogP contribution in [0.4, 0.5) is 4.79 Å². The Hall–Kier alpha value is -1.91. The van der Waals surface area contributed by atoms with Gasteiger partial charge in [0.2, 0.25) is 0 Å². The van der Waals surface area contributed by atoms with Crippen molar-refractivity contribution in [2.75, 3.05) is 0 Å². The van der Waals surface area contributed by atoms with Crippen molar-refractivity contribution in [1.82, 2.24) is 15.2 Å². The van der Waals surface area contributed by atoms with Gasteiger partial charge in [-0.15, -0.1) is 0 Å². The summed E-state index contributed by atoms with van der Waals surface area (Å²) in [5, 5.41) is 2.98. The maximum Gasteiger partial charge on any atom is 0.325 e. The van der Waals surface area contributed by atoms with E-state index in [9.17, 15) is 9.59 Å². The zero-order valence-electron chi connectivity index (χ0n) is 13.4. The van der Waals surface area contributed by atoms with Gasteiger partial charge in [-0.2, -0.15) is 0 Å². The average molecular weight is 301 g/mol. The molecule has 1 aromatic heterocycles. The maximum absolute atomic E-state index is 12.9. The van der Waals surface area contributed by atoms with Gasteiger partial charge in [0, 0.05) is 12.4 Å². The van der Waals surface area contributed by atoms with Crippen LogP contribution in [0.2, 0.25) is 0 Å². The van der Waals surface area contributed by atoms with Crippen molar-refractivity contribution in [2.45, 2.75) is 52.1 Å². The molecule has 2 heterocycles. The molecule has 3 rings (SSSR count). The lowest BCUT2D eigenvalue weighted by Crippen LogP contribution is -2.51. The van der Waals surface area contributed by atoms with Gasteiger partial charge in [-0.25, -0.2) is 4.79 Å². The van der Waals surface area contributed by atoms with E-state index in [4.69, 9.17) is 0 Å². The van der Waals surface area contributed by atoms with Gasteiger partial charge in [-0.05, 0) is 49.1 Å². The van der Waals surface area contributed by atoms with Gasteiger partial charge < -0.3 is 5.32 Å². The molecule has 2 unspecified atom stereocenters. The highest BCUT2D eigenvalue weighted by molar-refractivity contribution is 6.07. The van der Waals surface area contributed by atoms with Crippen molar-refractivity contribution in [1.29, 1.82) is 0 Å². The topological polar surface area (TPSA) is 62.3 Å². The number of hydrogen-bond acceptors (Lipinski definition) is 3. The molecule has 118 valence electrons. The van der Waals surface area contributed by atoms with Crippen molar-refractivity contribution in [2.24, 2.45) is 11.8 Å². The molecule has 1 spiro atoms. The van der Waals surface area contributed by atoms with Gasteiger partial charge in [0.1, 0.15) is 5.54 Å². The zero-order chi connectivity index (χ0) is 15.9. The minimum absolute atomic E-state index is 0.0718. The van der Waals surface area contributed by atoms with Crippen LogP contribution in [0.5, 0.6) is 0 Å². The fraction of sp³-hybridized carbons (Fsp3) is 0.588. The quantitative estimate of drug-likeness (QED) is 0.854. The number of aromatic nitrogens is 1. The number of carbonyl (C=O) groups is 2. The van der Waals surface area contributed by atoms with Gasteiger partial charge in [0.25, 0.3) is 5.91 Å². The van der Waals surface area contributed by atoms with E-state index in [1.54, 1.807) is 12.4 Å². The second-order valence-electron chi connectivity index (χ2n) is 7.13. The van der Waals surface area contributed by atoms with Crippen molar-refractivity contribution < 1.29 is 9.59 Å². The summed E-state index contributed by atoms with van der Waals surface area (Å²) in [5.74, 6) is 0.833. The van der Waals surface area contributed by atoms with Crippen LogP contribution >= 0.6 is 0 Å². The molecule has 3 amide bonds. The number of imide groups is 1. The number of rotatable bonds is 2. The van der Waals surface area contributed by atoms with Gasteiger partial charge in [-0.1, -0.05) is 19.9 Å². The van der Waals surface area contributed by atoms with Crippen molar-refractivity contribution in [3.05, 3.63) is 29.6 Å². The number of carbonyl (C=O) groups excluding carboxylic acids is 2. The molecule has 22 heavy (non-hydrogen) atoms. The Morgan fingerprint density at radius 3 is 2.59 bits per heavy atom. The molecular formula is C17H23N3O2. The fourth-order valence-electron chi connectivity index (χ4n) is 4.11. The smallest absolute Gasteiger partial charge is 0.323 e. The maximum atomic E-state index is 12.9. The van der Waals surface area contributed by atoms with Crippen LogP contribution in [0.15, 0.2) is 18.5 Å². The molecule has 1 saturated carbocycles. The van der Waals surface area contributed by atoms with E-state index in [0.29, 0.717) is 18.4 Å². The van der Waals surface area contributed by atoms with E-state index in [-0.39, 0.29) is 11.9 Å². The number of amides is 3. The largest absolute Gasteiger partial charge is 0.325 e. The Balaban J connectivity index is 1.82. The number of nitrogens with zero attached hydrogens (tertiary/aromatic N) is 2. The molecule has 2 aliphatic rings. The van der Waals surface area contributed by atoms with Gasteiger partial charge in [0.05, 0.1) is 6.54 Å². The Bertz CT molecular complexity index is 604. The van der Waals surface area contributed by atoms with Crippen LogP contribution in [-0.2, 0) is 11.3 Å². The Labute approximate surface area is 131 Å². The van der Waals surface area contributed by atoms with Crippen LogP contribution in [0, 0.1) is 18.8 Å². The molecule has 0 bridgehead atoms. The highest BCUT2D eigenvalue weighted by atomic mass is 16.2. The third kappa shape index (κ3) is 2.60. The molecule has 2 fully saturated rings. The van der Waals surface area contributed by atoms with E-state index < -0.39 is 5.54 Å². The van der Waals surface area contributed by atoms with Gasteiger partial charge >= 0.3 is 6.03 Å². The standard InChI is InChI=1S/C17H23N3O2/c1-11-4-12(2)7-17(6-11)15(21)20(16(22)19-17)10-14-5-13(3)8-18-9-14/h5,8-9,11-12H,4,6-7,10H2,1-3H3,(H,19,22). The summed E-state index contributed by atoms with van der Waals surface area (Å²) < 4.78 is 0. The lowest BCUT2D eigenvalue weighted by atomic mass is 9.71. The monoisotopic (exact) mass is 301 g/mol. The Kier molecular flexibility index (Phi) is 3.67. The second-order valence-corrected chi connectivity index (χ2v) is 7.13. The zero-order valence-corrected chi connectivity index (χ0v) is 13.4. The fourth-order valence-corrected chi connectivity index (χ4v) is 4.11. The van der Waals surface area contributed by atoms with Crippen molar-refractivity contribution in [3.8, 4) is 0 Å². The van der Waals surface area contributed by atoms with Gasteiger partial charge in [-0.3, -0.25) is 14.7 Å². The van der Waals surface area contributed by atoms with E-state index in [1.165, 1.54) is 4.90 Å². The van der Waals surface area contributed by atoms with Crippen LogP contribution < -0.4 is 5.32 Å². The van der Waals surface area contributed by atoms with Crippen molar-refractivity contribution >= 4 is 11.9 Å². The summed E-state index contributed by atoms with van der Waals surface area (Å²) in [6.45, 7) is 6.56. The van der Waals surface area contributed by atoms with Crippen LogP contribution in [-0.4, -0.2) is 27.4 Å². The first-order valence-electron chi connectivity index (χ1n) is 7.94. The van der Waals surface area contributed by atoms with Crippen LogP contribution in [0.1, 0.15) is 44.2 Å². The summed E-state index contributed by atoms with van der Waals surface area (Å²) in [7, 11) is 0. The van der Waals surface area contributed by atoms with Crippen LogP contribution in [0.3, 0.4) is 0 Å². The highest BCUT2D eigenvalue weighted by Crippen LogP contribution is 2.39. The summed E-state index contributed by atoms with van der Waals surface area (Å²) in [5.41, 5.74) is 1.22. The van der Waals surface area contributed by atoms with E-state index >= 15 is 0 Å². The molecule has 2 atom stereocenters. The second kappa shape index (κ2) is 5.38. The SMILES string of the molecule is Cc1cncc(CN2C(=O)NC3(CC(C)CC(C)C3)C2=O)c1. The van der Waals surface area contributed by atoms with E-state index in [0.717, 1.165) is 30.4 Å². The molecule has 1 saturated heterocycles. The van der Waals surface area contributed by atoms with Crippen molar-refractivity contribution in [3.63, 3.8) is 0 Å². The minimum atomic E-state index is -0.689. The normalized spacial score (nSPS) is 31.7. The lowest BCUT2D eigenvalue weighted by molar-refractivity contribution is -0.134. The molecule has 1 N–H and O–H groups in total. The summed E-state index contributed by atoms with van der Waals surface area (Å²) in [4.78, 5) is 30.7. The lowest BCUT2D eigenvalue weighted by Gasteiger charge is -2.37. The third-order valence-electron chi connectivity index (χ3n) is 4.72. The number of hydrogen-bond donors (Lipinski definition) is 1. The molecule has 1 aliphatic carbocycles. The molecule has 1 aliphatic heterocycles. The van der Waals surface area contributed by atoms with E-state index in [2.05, 4.69) is 24.1 Å². The number of pyridine rings is 1. The minimum Gasteiger partial charge on any atom is -0.323 e. The number of urea groups is 1. The molecule has 5 heteroatoms. The summed E-state index contributed by atoms with van der Waals surface area (Å²) in [6.07, 6.45) is 6.08. The van der Waals surface area contributed by atoms with E-state index in [1.807, 2.05) is 13.0 Å². The predicted molar refractivity (Wildman–Crippen MR) is 83.0 cm³/mol. The number of aryl methyl sites for hydroxylation is 1. The first-order chi connectivity index (χ1) is 10.4. The first-order valence-corrected chi connectivity index (χ1v) is 7.94. The molecule has 0 radical (unpaired) electrons. The molecule has 0 aromatic carbocycles. The molecule has 1 aromatic rings. The summed E-state index contributed by atoms with van der Waals surface area (Å²) in [6, 6.07) is 1.69. The Morgan fingerprint density at radius 1 is 1.27 bits per heavy atom. The number of nitrogens with one attached hydrogen (secondary N) is 1. The molecular weight excluding hydrogens is 278 g/mol. The predicted octanol–water partition coefficient (Wildman–Crippen LogP) is 2.64. The Morgan fingerprint density at radius 2 is 1.95 bits per heavy atom. The average Bonchev–Trinajstić information content (AvgIpc) is 2.62. The first kappa shape index (κ1) is 15.0. The van der Waals surface area contributed by atoms with Gasteiger partial charge in [0.15, 0.2) is 0 Å². The van der Waals surface area contributed by atoms with Crippen LogP contribution in [0.25, 0.3) is 0 Å².